The smallest absolute Gasteiger partial charge is 0.268 e. The quantitative estimate of drug-likeness (QED) is 0.329. The standard InChI is InChI=1S/C26H33NO3S/c1-3-4-5-9-12-24-15-16-25(19-20-30-21-23-10-7-6-8-11-23)27(24)31(28,29)26-17-13-22(2)14-18-26/h6-8,10-11,13-18H,3-5,9,12,19-21H2,1-2H3. The summed E-state index contributed by atoms with van der Waals surface area (Å²) in [5.41, 5.74) is 3.79. The number of rotatable bonds is 12. The normalized spacial score (nSPS) is 11.7. The average molecular weight is 440 g/mol. The zero-order valence-corrected chi connectivity index (χ0v) is 19.4. The molecule has 0 amide bonds. The number of nitrogens with zero attached hydrogens (tertiary/aromatic N) is 1. The maximum Gasteiger partial charge on any atom is 0.268 e. The van der Waals surface area contributed by atoms with Gasteiger partial charge in [-0.15, -0.1) is 0 Å². The Bertz CT molecular complexity index is 1040. The summed E-state index contributed by atoms with van der Waals surface area (Å²) in [4.78, 5) is 0.329. The van der Waals surface area contributed by atoms with E-state index >= 15 is 0 Å². The second-order valence-corrected chi connectivity index (χ2v) is 9.78. The van der Waals surface area contributed by atoms with Crippen LogP contribution in [-0.4, -0.2) is 19.0 Å². The van der Waals surface area contributed by atoms with Gasteiger partial charge < -0.3 is 4.74 Å². The molecule has 0 aliphatic heterocycles. The summed E-state index contributed by atoms with van der Waals surface area (Å²) < 4.78 is 34.4. The molecule has 0 saturated heterocycles. The summed E-state index contributed by atoms with van der Waals surface area (Å²) in [5.74, 6) is 0. The fraction of sp³-hybridized carbons (Fsp3) is 0.385. The van der Waals surface area contributed by atoms with E-state index in [0.29, 0.717) is 24.5 Å². The second-order valence-electron chi connectivity index (χ2n) is 8.00. The zero-order valence-electron chi connectivity index (χ0n) is 18.6. The van der Waals surface area contributed by atoms with Crippen molar-refractivity contribution in [3.63, 3.8) is 0 Å². The minimum absolute atomic E-state index is 0.329. The molecule has 0 aliphatic carbocycles. The monoisotopic (exact) mass is 439 g/mol. The second kappa shape index (κ2) is 11.3. The molecule has 0 saturated carbocycles. The van der Waals surface area contributed by atoms with Crippen molar-refractivity contribution in [1.29, 1.82) is 0 Å². The summed E-state index contributed by atoms with van der Waals surface area (Å²) in [6.07, 6.45) is 5.74. The van der Waals surface area contributed by atoms with Crippen molar-refractivity contribution in [2.75, 3.05) is 6.61 Å². The minimum atomic E-state index is -3.64. The third kappa shape index (κ3) is 6.31. The van der Waals surface area contributed by atoms with E-state index in [-0.39, 0.29) is 0 Å². The molecule has 0 atom stereocenters. The summed E-state index contributed by atoms with van der Waals surface area (Å²) >= 11 is 0. The molecule has 31 heavy (non-hydrogen) atoms. The highest BCUT2D eigenvalue weighted by atomic mass is 32.2. The van der Waals surface area contributed by atoms with E-state index in [1.165, 1.54) is 6.42 Å². The largest absolute Gasteiger partial charge is 0.376 e. The molecule has 0 unspecified atom stereocenters. The zero-order chi connectivity index (χ0) is 22.1. The summed E-state index contributed by atoms with van der Waals surface area (Å²) in [5, 5.41) is 0. The Balaban J connectivity index is 1.78. The number of hydrogen-bond acceptors (Lipinski definition) is 3. The van der Waals surface area contributed by atoms with Crippen molar-refractivity contribution < 1.29 is 13.2 Å². The predicted octanol–water partition coefficient (Wildman–Crippen LogP) is 5.92. The fourth-order valence-electron chi connectivity index (χ4n) is 3.68. The van der Waals surface area contributed by atoms with Crippen LogP contribution in [0.4, 0.5) is 0 Å². The third-order valence-corrected chi connectivity index (χ3v) is 7.27. The number of ether oxygens (including phenoxy) is 1. The molecule has 4 nitrogen and oxygen atoms in total. The lowest BCUT2D eigenvalue weighted by Crippen LogP contribution is -2.19. The van der Waals surface area contributed by atoms with E-state index < -0.39 is 10.0 Å². The molecule has 2 aromatic carbocycles. The van der Waals surface area contributed by atoms with Crippen molar-refractivity contribution >= 4 is 10.0 Å². The molecule has 166 valence electrons. The number of unbranched alkanes of at least 4 members (excludes halogenated alkanes) is 3. The van der Waals surface area contributed by atoms with E-state index in [1.54, 1.807) is 16.1 Å². The van der Waals surface area contributed by atoms with Crippen molar-refractivity contribution in [2.45, 2.75) is 63.9 Å². The van der Waals surface area contributed by atoms with Crippen LogP contribution >= 0.6 is 0 Å². The topological polar surface area (TPSA) is 48.3 Å². The van der Waals surface area contributed by atoms with E-state index in [0.717, 1.165) is 48.2 Å². The van der Waals surface area contributed by atoms with Crippen LogP contribution in [0.2, 0.25) is 0 Å². The maximum atomic E-state index is 13.5. The van der Waals surface area contributed by atoms with E-state index in [2.05, 4.69) is 6.92 Å². The van der Waals surface area contributed by atoms with Gasteiger partial charge in [-0.3, -0.25) is 0 Å². The third-order valence-electron chi connectivity index (χ3n) is 5.45. The van der Waals surface area contributed by atoms with Gasteiger partial charge in [0.25, 0.3) is 10.0 Å². The lowest BCUT2D eigenvalue weighted by molar-refractivity contribution is 0.123. The SMILES string of the molecule is CCCCCCc1ccc(CCOCc2ccccc2)n1S(=O)(=O)c1ccc(C)cc1. The lowest BCUT2D eigenvalue weighted by Gasteiger charge is -2.15. The van der Waals surface area contributed by atoms with Crippen LogP contribution in [0.3, 0.4) is 0 Å². The molecule has 1 aromatic heterocycles. The van der Waals surface area contributed by atoms with Gasteiger partial charge in [0.15, 0.2) is 0 Å². The van der Waals surface area contributed by atoms with Gasteiger partial charge in [-0.05, 0) is 49.6 Å². The maximum absolute atomic E-state index is 13.5. The van der Waals surface area contributed by atoms with Gasteiger partial charge in [0.05, 0.1) is 18.1 Å². The lowest BCUT2D eigenvalue weighted by atomic mass is 10.1. The molecule has 3 aromatic rings. The van der Waals surface area contributed by atoms with Gasteiger partial charge in [0, 0.05) is 17.8 Å². The van der Waals surface area contributed by atoms with Crippen LogP contribution in [0, 0.1) is 6.92 Å². The summed E-state index contributed by atoms with van der Waals surface area (Å²) in [7, 11) is -3.64. The molecule has 3 rings (SSSR count). The van der Waals surface area contributed by atoms with Gasteiger partial charge in [-0.1, -0.05) is 74.2 Å². The number of benzene rings is 2. The highest BCUT2D eigenvalue weighted by Gasteiger charge is 2.23. The molecule has 0 spiro atoms. The first-order chi connectivity index (χ1) is 15.0. The van der Waals surface area contributed by atoms with Crippen LogP contribution in [0.15, 0.2) is 71.6 Å². The molecule has 0 fully saturated rings. The predicted molar refractivity (Wildman–Crippen MR) is 126 cm³/mol. The average Bonchev–Trinajstić information content (AvgIpc) is 3.19. The molecule has 0 N–H and O–H groups in total. The first-order valence-corrected chi connectivity index (χ1v) is 12.6. The Morgan fingerprint density at radius 3 is 2.16 bits per heavy atom. The number of aromatic nitrogens is 1. The number of hydrogen-bond donors (Lipinski definition) is 0. The molecular weight excluding hydrogens is 406 g/mol. The minimum Gasteiger partial charge on any atom is -0.376 e. The van der Waals surface area contributed by atoms with Crippen LogP contribution in [0.1, 0.15) is 55.1 Å². The fourth-order valence-corrected chi connectivity index (χ4v) is 5.29. The molecule has 0 aliphatic rings. The Morgan fingerprint density at radius 2 is 1.48 bits per heavy atom. The highest BCUT2D eigenvalue weighted by Crippen LogP contribution is 2.23. The van der Waals surface area contributed by atoms with Crippen LogP contribution in [-0.2, 0) is 34.2 Å². The van der Waals surface area contributed by atoms with E-state index in [4.69, 9.17) is 4.74 Å². The number of aryl methyl sites for hydroxylation is 2. The Labute approximate surface area is 186 Å². The van der Waals surface area contributed by atoms with Crippen LogP contribution < -0.4 is 0 Å². The van der Waals surface area contributed by atoms with Crippen LogP contribution in [0.25, 0.3) is 0 Å². The Hall–Kier alpha value is -2.37. The molecular formula is C26H33NO3S. The van der Waals surface area contributed by atoms with Gasteiger partial charge >= 0.3 is 0 Å². The van der Waals surface area contributed by atoms with Gasteiger partial charge in [0.2, 0.25) is 0 Å². The van der Waals surface area contributed by atoms with Crippen LogP contribution in [0.5, 0.6) is 0 Å². The molecule has 0 radical (unpaired) electrons. The molecule has 5 heteroatoms. The van der Waals surface area contributed by atoms with Crippen molar-refractivity contribution in [2.24, 2.45) is 0 Å². The highest BCUT2D eigenvalue weighted by molar-refractivity contribution is 7.90. The van der Waals surface area contributed by atoms with Crippen molar-refractivity contribution in [1.82, 2.24) is 3.97 Å². The summed E-state index contributed by atoms with van der Waals surface area (Å²) in [6, 6.07) is 21.0. The first kappa shape index (κ1) is 23.3. The van der Waals surface area contributed by atoms with E-state index in [1.807, 2.05) is 61.5 Å². The Morgan fingerprint density at radius 1 is 0.806 bits per heavy atom. The molecule has 0 bridgehead atoms. The first-order valence-electron chi connectivity index (χ1n) is 11.2. The van der Waals surface area contributed by atoms with Crippen molar-refractivity contribution in [3.05, 3.63) is 89.2 Å². The Kier molecular flexibility index (Phi) is 8.50. The van der Waals surface area contributed by atoms with Gasteiger partial charge in [-0.2, -0.15) is 0 Å². The van der Waals surface area contributed by atoms with Crippen molar-refractivity contribution in [3.8, 4) is 0 Å². The van der Waals surface area contributed by atoms with Gasteiger partial charge in [0.1, 0.15) is 0 Å². The molecule has 1 heterocycles. The summed E-state index contributed by atoms with van der Waals surface area (Å²) in [6.45, 7) is 5.13. The van der Waals surface area contributed by atoms with E-state index in [9.17, 15) is 8.42 Å². The van der Waals surface area contributed by atoms with Gasteiger partial charge in [-0.25, -0.2) is 12.4 Å².